The van der Waals surface area contributed by atoms with Crippen LogP contribution in [0, 0.1) is 5.82 Å². The molecule has 0 saturated carbocycles. The number of para-hydroxylation sites is 2. The van der Waals surface area contributed by atoms with Crippen LogP contribution in [0.25, 0.3) is 0 Å². The van der Waals surface area contributed by atoms with Gasteiger partial charge in [0.05, 0.1) is 31.9 Å². The Morgan fingerprint density at radius 2 is 1.57 bits per heavy atom. The summed E-state index contributed by atoms with van der Waals surface area (Å²) in [5.74, 6) is -0.174. The van der Waals surface area contributed by atoms with E-state index in [2.05, 4.69) is 10.2 Å². The molecule has 0 bridgehead atoms. The van der Waals surface area contributed by atoms with Crippen molar-refractivity contribution in [2.75, 3.05) is 36.4 Å². The number of benzene rings is 3. The number of carbonyl (C=O) groups excluding carboxylic acids is 1. The first-order valence-electron chi connectivity index (χ1n) is 10.1. The molecule has 4 rings (SSSR count). The maximum atomic E-state index is 13.2. The van der Waals surface area contributed by atoms with E-state index in [1.807, 2.05) is 48.5 Å². The molecule has 3 N–H and O–H groups in total. The number of anilines is 2. The molecule has 3 aromatic carbocycles. The quantitative estimate of drug-likeness (QED) is 0.611. The Hall–Kier alpha value is -3.38. The summed E-state index contributed by atoms with van der Waals surface area (Å²) >= 11 is 0. The third kappa shape index (κ3) is 4.44. The van der Waals surface area contributed by atoms with E-state index in [9.17, 15) is 14.3 Å². The van der Waals surface area contributed by atoms with Crippen LogP contribution in [0.2, 0.25) is 0 Å². The first-order chi connectivity index (χ1) is 14.6. The lowest BCUT2D eigenvalue weighted by Crippen LogP contribution is -3.16. The SMILES string of the molecule is O=C(Nc1ccc(F)cc1)[C@H](c1ccccc1)[NH+]1CCN(c2ccccc2O)CC1. The molecule has 1 aliphatic rings. The van der Waals surface area contributed by atoms with Gasteiger partial charge in [0, 0.05) is 11.3 Å². The van der Waals surface area contributed by atoms with Gasteiger partial charge in [-0.25, -0.2) is 4.39 Å². The van der Waals surface area contributed by atoms with Crippen molar-refractivity contribution in [1.82, 2.24) is 0 Å². The summed E-state index contributed by atoms with van der Waals surface area (Å²) in [6.07, 6.45) is 0. The van der Waals surface area contributed by atoms with Crippen molar-refractivity contribution in [3.05, 3.63) is 90.2 Å². The normalized spacial score (nSPS) is 15.6. The van der Waals surface area contributed by atoms with Gasteiger partial charge in [-0.3, -0.25) is 4.79 Å². The number of nitrogens with zero attached hydrogens (tertiary/aromatic N) is 1. The van der Waals surface area contributed by atoms with Crippen LogP contribution in [-0.2, 0) is 4.79 Å². The molecule has 5 nitrogen and oxygen atoms in total. The van der Waals surface area contributed by atoms with Crippen LogP contribution in [0.15, 0.2) is 78.9 Å². The van der Waals surface area contributed by atoms with Crippen LogP contribution >= 0.6 is 0 Å². The fourth-order valence-electron chi connectivity index (χ4n) is 4.02. The molecule has 1 amide bonds. The Kier molecular flexibility index (Phi) is 5.95. The molecule has 30 heavy (non-hydrogen) atoms. The molecule has 1 aliphatic heterocycles. The first kappa shape index (κ1) is 19.9. The van der Waals surface area contributed by atoms with E-state index in [4.69, 9.17) is 0 Å². The van der Waals surface area contributed by atoms with Crippen molar-refractivity contribution >= 4 is 17.3 Å². The zero-order valence-corrected chi connectivity index (χ0v) is 16.6. The van der Waals surface area contributed by atoms with Gasteiger partial charge in [0.25, 0.3) is 5.91 Å². The Morgan fingerprint density at radius 3 is 2.23 bits per heavy atom. The Morgan fingerprint density at radius 1 is 0.933 bits per heavy atom. The monoisotopic (exact) mass is 406 g/mol. The second-order valence-electron chi connectivity index (χ2n) is 7.47. The summed E-state index contributed by atoms with van der Waals surface area (Å²) in [7, 11) is 0. The summed E-state index contributed by atoms with van der Waals surface area (Å²) in [6, 6.07) is 22.5. The standard InChI is InChI=1S/C24H24FN3O2/c25-19-10-12-20(13-11-19)26-24(30)23(18-6-2-1-3-7-18)28-16-14-27(15-17-28)21-8-4-5-9-22(21)29/h1-13,23,29H,14-17H2,(H,26,30)/p+1/t23-/m0/s1. The molecule has 0 spiro atoms. The van der Waals surface area contributed by atoms with Gasteiger partial charge < -0.3 is 20.2 Å². The predicted octanol–water partition coefficient (Wildman–Crippen LogP) is 2.62. The number of halogens is 1. The molecule has 1 atom stereocenters. The number of piperazine rings is 1. The molecule has 0 aromatic heterocycles. The zero-order valence-electron chi connectivity index (χ0n) is 16.6. The zero-order chi connectivity index (χ0) is 20.9. The van der Waals surface area contributed by atoms with Crippen molar-refractivity contribution < 1.29 is 19.2 Å². The summed E-state index contributed by atoms with van der Waals surface area (Å²) < 4.78 is 13.2. The van der Waals surface area contributed by atoms with Crippen molar-refractivity contribution in [2.45, 2.75) is 6.04 Å². The second-order valence-corrected chi connectivity index (χ2v) is 7.47. The van der Waals surface area contributed by atoms with Crippen molar-refractivity contribution in [1.29, 1.82) is 0 Å². The minimum absolute atomic E-state index is 0.112. The largest absolute Gasteiger partial charge is 0.506 e. The number of phenols is 1. The van der Waals surface area contributed by atoms with E-state index in [0.717, 1.165) is 42.3 Å². The molecule has 6 heteroatoms. The van der Waals surface area contributed by atoms with E-state index < -0.39 is 0 Å². The second kappa shape index (κ2) is 8.97. The molecule has 1 saturated heterocycles. The molecular formula is C24H25FN3O2+. The number of aromatic hydroxyl groups is 1. The third-order valence-corrected chi connectivity index (χ3v) is 5.54. The van der Waals surface area contributed by atoms with Crippen molar-refractivity contribution in [2.24, 2.45) is 0 Å². The Balaban J connectivity index is 1.51. The minimum atomic E-state index is -0.372. The number of hydrogen-bond acceptors (Lipinski definition) is 3. The molecule has 0 radical (unpaired) electrons. The Labute approximate surface area is 175 Å². The van der Waals surface area contributed by atoms with Gasteiger partial charge >= 0.3 is 0 Å². The lowest BCUT2D eigenvalue weighted by atomic mass is 10.0. The van der Waals surface area contributed by atoms with Gasteiger partial charge in [0.1, 0.15) is 11.6 Å². The fourth-order valence-corrected chi connectivity index (χ4v) is 4.02. The summed E-state index contributed by atoms with van der Waals surface area (Å²) in [6.45, 7) is 2.98. The van der Waals surface area contributed by atoms with Crippen LogP contribution in [0.3, 0.4) is 0 Å². The highest BCUT2D eigenvalue weighted by Gasteiger charge is 2.34. The average molecular weight is 406 g/mol. The number of quaternary nitrogens is 1. The molecule has 1 heterocycles. The number of hydrogen-bond donors (Lipinski definition) is 3. The van der Waals surface area contributed by atoms with Gasteiger partial charge in [0.15, 0.2) is 6.04 Å². The molecular weight excluding hydrogens is 381 g/mol. The number of rotatable bonds is 5. The molecule has 154 valence electrons. The Bertz CT molecular complexity index is 987. The summed E-state index contributed by atoms with van der Waals surface area (Å²) in [5, 5.41) is 13.1. The number of nitrogens with one attached hydrogen (secondary N) is 2. The van der Waals surface area contributed by atoms with Crippen LogP contribution in [0.4, 0.5) is 15.8 Å². The van der Waals surface area contributed by atoms with Gasteiger partial charge in [0.2, 0.25) is 0 Å². The van der Waals surface area contributed by atoms with E-state index in [1.165, 1.54) is 12.1 Å². The summed E-state index contributed by atoms with van der Waals surface area (Å²) in [4.78, 5) is 16.5. The summed E-state index contributed by atoms with van der Waals surface area (Å²) in [5.41, 5.74) is 2.35. The van der Waals surface area contributed by atoms with E-state index >= 15 is 0 Å². The maximum absolute atomic E-state index is 13.2. The van der Waals surface area contributed by atoms with Crippen LogP contribution in [0.5, 0.6) is 5.75 Å². The molecule has 1 fully saturated rings. The lowest BCUT2D eigenvalue weighted by Gasteiger charge is -2.37. The van der Waals surface area contributed by atoms with Crippen LogP contribution in [0.1, 0.15) is 11.6 Å². The van der Waals surface area contributed by atoms with Gasteiger partial charge in [-0.05, 0) is 36.4 Å². The fraction of sp³-hybridized carbons (Fsp3) is 0.208. The van der Waals surface area contributed by atoms with Crippen LogP contribution in [-0.4, -0.2) is 37.2 Å². The topological polar surface area (TPSA) is 57.0 Å². The highest BCUT2D eigenvalue weighted by atomic mass is 19.1. The van der Waals surface area contributed by atoms with E-state index in [1.54, 1.807) is 18.2 Å². The van der Waals surface area contributed by atoms with Crippen LogP contribution < -0.4 is 15.1 Å². The first-order valence-corrected chi connectivity index (χ1v) is 10.1. The average Bonchev–Trinajstić information content (AvgIpc) is 2.77. The highest BCUT2D eigenvalue weighted by molar-refractivity contribution is 5.94. The van der Waals surface area contributed by atoms with Crippen molar-refractivity contribution in [3.8, 4) is 5.75 Å². The third-order valence-electron chi connectivity index (χ3n) is 5.54. The molecule has 3 aromatic rings. The van der Waals surface area contributed by atoms with Gasteiger partial charge in [-0.1, -0.05) is 42.5 Å². The van der Waals surface area contributed by atoms with Gasteiger partial charge in [-0.2, -0.15) is 0 Å². The maximum Gasteiger partial charge on any atom is 0.287 e. The molecule has 0 unspecified atom stereocenters. The van der Waals surface area contributed by atoms with E-state index in [0.29, 0.717) is 5.69 Å². The number of carbonyl (C=O) groups is 1. The van der Waals surface area contributed by atoms with E-state index in [-0.39, 0.29) is 23.5 Å². The lowest BCUT2D eigenvalue weighted by molar-refractivity contribution is -0.922. The number of amides is 1. The predicted molar refractivity (Wildman–Crippen MR) is 115 cm³/mol. The molecule has 0 aliphatic carbocycles. The van der Waals surface area contributed by atoms with Crippen molar-refractivity contribution in [3.63, 3.8) is 0 Å². The minimum Gasteiger partial charge on any atom is -0.506 e. The highest BCUT2D eigenvalue weighted by Crippen LogP contribution is 2.26. The van der Waals surface area contributed by atoms with Gasteiger partial charge in [-0.15, -0.1) is 0 Å². The number of phenolic OH excluding ortho intramolecular Hbond substituents is 1. The smallest absolute Gasteiger partial charge is 0.287 e.